The number of ether oxygens (including phenoxy) is 1. The molecule has 5 heteroatoms. The van der Waals surface area contributed by atoms with Crippen molar-refractivity contribution < 1.29 is 19.1 Å². The van der Waals surface area contributed by atoms with Gasteiger partial charge in [0.2, 0.25) is 0 Å². The van der Waals surface area contributed by atoms with E-state index >= 15 is 0 Å². The molecule has 5 nitrogen and oxygen atoms in total. The summed E-state index contributed by atoms with van der Waals surface area (Å²) in [7, 11) is 1.48. The van der Waals surface area contributed by atoms with Crippen LogP contribution in [-0.4, -0.2) is 24.6 Å². The minimum Gasteiger partial charge on any atom is -0.469 e. The zero-order valence-corrected chi connectivity index (χ0v) is 22.7. The first-order valence-corrected chi connectivity index (χ1v) is 13.6. The molecule has 0 aromatic carbocycles. The van der Waals surface area contributed by atoms with Crippen LogP contribution < -0.4 is 0 Å². The van der Waals surface area contributed by atoms with E-state index < -0.39 is 5.41 Å². The number of carbonyl (C=O) groups is 3. The number of ketones is 2. The second-order valence-electron chi connectivity index (χ2n) is 13.5. The average Bonchev–Trinajstić information content (AvgIpc) is 2.80. The van der Waals surface area contributed by atoms with E-state index in [0.29, 0.717) is 6.42 Å². The number of allylic oxidation sites excluding steroid dienone is 2. The highest BCUT2D eigenvalue weighted by atomic mass is 16.5. The molecule has 192 valence electrons. The van der Waals surface area contributed by atoms with E-state index in [1.165, 1.54) is 7.11 Å². The number of rotatable bonds is 3. The van der Waals surface area contributed by atoms with Crippen LogP contribution in [0.2, 0.25) is 0 Å². The lowest BCUT2D eigenvalue weighted by atomic mass is 9.41. The van der Waals surface area contributed by atoms with Crippen LogP contribution in [0.3, 0.4) is 0 Å². The summed E-state index contributed by atoms with van der Waals surface area (Å²) >= 11 is 0. The largest absolute Gasteiger partial charge is 0.469 e. The fraction of sp³-hybridized carbons (Fsp3) is 0.800. The Morgan fingerprint density at radius 1 is 1.11 bits per heavy atom. The van der Waals surface area contributed by atoms with Crippen LogP contribution >= 0.6 is 0 Å². The number of nitrogens with zero attached hydrogens (tertiary/aromatic N) is 1. The van der Waals surface area contributed by atoms with Crippen LogP contribution in [0.5, 0.6) is 0 Å². The first kappa shape index (κ1) is 26.1. The molecule has 35 heavy (non-hydrogen) atoms. The highest BCUT2D eigenvalue weighted by Crippen LogP contribution is 2.67. The molecule has 0 heterocycles. The number of hydrogen-bond donors (Lipinski definition) is 0. The monoisotopic (exact) mass is 481 g/mol. The number of hydrogen-bond acceptors (Lipinski definition) is 5. The summed E-state index contributed by atoms with van der Waals surface area (Å²) in [5, 5.41) is 9.69. The van der Waals surface area contributed by atoms with Crippen molar-refractivity contribution in [2.75, 3.05) is 7.11 Å². The zero-order chi connectivity index (χ0) is 26.0. The normalized spacial score (nSPS) is 45.0. The maximum atomic E-state index is 14.1. The molecule has 0 N–H and O–H groups in total. The Morgan fingerprint density at radius 2 is 1.77 bits per heavy atom. The maximum Gasteiger partial charge on any atom is 0.312 e. The molecular formula is C30H43NO4. The molecule has 0 amide bonds. The Kier molecular flexibility index (Phi) is 6.39. The molecule has 0 spiro atoms. The summed E-state index contributed by atoms with van der Waals surface area (Å²) in [6.07, 6.45) is 8.35. The predicted octanol–water partition coefficient (Wildman–Crippen LogP) is 6.07. The Labute approximate surface area is 211 Å². The zero-order valence-electron chi connectivity index (χ0n) is 22.7. The van der Waals surface area contributed by atoms with Gasteiger partial charge in [0.1, 0.15) is 11.9 Å². The Bertz CT molecular complexity index is 1000. The highest BCUT2D eigenvalue weighted by Gasteiger charge is 2.65. The van der Waals surface area contributed by atoms with Crippen molar-refractivity contribution in [2.24, 2.45) is 51.2 Å². The van der Waals surface area contributed by atoms with Gasteiger partial charge in [-0.05, 0) is 72.5 Å². The minimum absolute atomic E-state index is 0.0118. The molecule has 3 saturated carbocycles. The van der Waals surface area contributed by atoms with E-state index in [9.17, 15) is 19.6 Å². The van der Waals surface area contributed by atoms with Crippen molar-refractivity contribution in [3.8, 4) is 6.07 Å². The number of Topliss-reactive ketones (excluding diaryl/α,β-unsaturated/α-hetero) is 2. The quantitative estimate of drug-likeness (QED) is 0.457. The van der Waals surface area contributed by atoms with Gasteiger partial charge in [0.25, 0.3) is 0 Å². The van der Waals surface area contributed by atoms with E-state index in [2.05, 4.69) is 40.7 Å². The molecule has 4 aliphatic rings. The summed E-state index contributed by atoms with van der Waals surface area (Å²) in [5.41, 5.74) is -0.763. The molecule has 0 saturated heterocycles. The van der Waals surface area contributed by atoms with Gasteiger partial charge in [-0.1, -0.05) is 54.0 Å². The van der Waals surface area contributed by atoms with E-state index in [-0.39, 0.29) is 68.9 Å². The van der Waals surface area contributed by atoms with Gasteiger partial charge in [0.05, 0.1) is 18.1 Å². The molecule has 3 fully saturated rings. The lowest BCUT2D eigenvalue weighted by molar-refractivity contribution is -0.185. The second kappa shape index (κ2) is 8.56. The fourth-order valence-electron chi connectivity index (χ4n) is 9.14. The van der Waals surface area contributed by atoms with E-state index in [1.807, 2.05) is 13.0 Å². The fourth-order valence-corrected chi connectivity index (χ4v) is 9.14. The Morgan fingerprint density at radius 3 is 2.37 bits per heavy atom. The molecule has 8 atom stereocenters. The molecule has 0 aliphatic heterocycles. The van der Waals surface area contributed by atoms with Crippen molar-refractivity contribution in [1.29, 1.82) is 5.26 Å². The minimum atomic E-state index is -0.549. The smallest absolute Gasteiger partial charge is 0.312 e. The summed E-state index contributed by atoms with van der Waals surface area (Å²) in [4.78, 5) is 40.1. The van der Waals surface area contributed by atoms with Crippen LogP contribution in [0.15, 0.2) is 11.6 Å². The van der Waals surface area contributed by atoms with Crippen LogP contribution in [0.25, 0.3) is 0 Å². The van der Waals surface area contributed by atoms with Crippen molar-refractivity contribution in [3.63, 3.8) is 0 Å². The number of nitriles is 1. The average molecular weight is 482 g/mol. The van der Waals surface area contributed by atoms with Gasteiger partial charge in [-0.25, -0.2) is 0 Å². The number of carbonyl (C=O) groups excluding carboxylic acids is 3. The number of esters is 1. The number of methoxy groups -OCH3 is 1. The predicted molar refractivity (Wildman–Crippen MR) is 134 cm³/mol. The van der Waals surface area contributed by atoms with Crippen molar-refractivity contribution in [2.45, 2.75) is 92.9 Å². The molecule has 4 rings (SSSR count). The number of fused-ring (bicyclic) bond motifs is 3. The third-order valence-corrected chi connectivity index (χ3v) is 11.1. The first-order valence-electron chi connectivity index (χ1n) is 13.6. The van der Waals surface area contributed by atoms with Gasteiger partial charge in [-0.2, -0.15) is 5.26 Å². The second-order valence-corrected chi connectivity index (χ2v) is 13.5. The summed E-state index contributed by atoms with van der Waals surface area (Å²) < 4.78 is 5.35. The highest BCUT2D eigenvalue weighted by molar-refractivity contribution is 6.01. The van der Waals surface area contributed by atoms with Crippen molar-refractivity contribution in [1.82, 2.24) is 0 Å². The van der Waals surface area contributed by atoms with Gasteiger partial charge < -0.3 is 4.74 Å². The van der Waals surface area contributed by atoms with E-state index in [1.54, 1.807) is 0 Å². The van der Waals surface area contributed by atoms with Crippen LogP contribution in [0.4, 0.5) is 0 Å². The summed E-state index contributed by atoms with van der Waals surface area (Å²) in [6, 6.07) is 2.15. The van der Waals surface area contributed by atoms with Gasteiger partial charge in [0.15, 0.2) is 5.78 Å². The molecule has 8 unspecified atom stereocenters. The SMILES string of the molecule is CCC1C(C)C(=O)C(C#N)=CC1(C)C1CC(=O)C2C3CC(C)(C)CCC3(C(=O)OC)CCC2(C)C1. The van der Waals surface area contributed by atoms with E-state index in [0.717, 1.165) is 44.9 Å². The van der Waals surface area contributed by atoms with Gasteiger partial charge >= 0.3 is 5.97 Å². The molecule has 0 radical (unpaired) electrons. The molecule has 4 aliphatic carbocycles. The molecule has 0 aromatic heterocycles. The maximum absolute atomic E-state index is 14.1. The first-order chi connectivity index (χ1) is 16.3. The third kappa shape index (κ3) is 3.82. The van der Waals surface area contributed by atoms with Crippen LogP contribution in [0.1, 0.15) is 92.9 Å². The van der Waals surface area contributed by atoms with Gasteiger partial charge in [0, 0.05) is 18.3 Å². The van der Waals surface area contributed by atoms with Crippen molar-refractivity contribution in [3.05, 3.63) is 11.6 Å². The van der Waals surface area contributed by atoms with Crippen LogP contribution in [0, 0.1) is 62.6 Å². The van der Waals surface area contributed by atoms with Gasteiger partial charge in [-0.3, -0.25) is 14.4 Å². The molecular weight excluding hydrogens is 438 g/mol. The Balaban J connectivity index is 1.74. The molecule has 0 bridgehead atoms. The topological polar surface area (TPSA) is 84.2 Å². The summed E-state index contributed by atoms with van der Waals surface area (Å²) in [5.74, 6) is -0.0784. The standard InChI is InChI=1S/C30H43NO4/c1-8-21-18(2)25(33)19(17-31)14-29(21,6)20-13-23(32)24-22-16-27(3,4)9-11-30(22,26(34)35-7)12-10-28(24,5)15-20/h14,18,20-22,24H,8-13,15-16H2,1-7H3. The lowest BCUT2D eigenvalue weighted by Crippen LogP contribution is -2.60. The summed E-state index contributed by atoms with van der Waals surface area (Å²) in [6.45, 7) is 13.0. The van der Waals surface area contributed by atoms with Gasteiger partial charge in [-0.15, -0.1) is 0 Å². The van der Waals surface area contributed by atoms with Crippen molar-refractivity contribution >= 4 is 17.5 Å². The molecule has 0 aromatic rings. The Hall–Kier alpha value is -1.96. The lowest BCUT2D eigenvalue weighted by Gasteiger charge is -2.62. The van der Waals surface area contributed by atoms with Crippen LogP contribution in [-0.2, 0) is 19.1 Å². The third-order valence-electron chi connectivity index (χ3n) is 11.1. The van der Waals surface area contributed by atoms with E-state index in [4.69, 9.17) is 4.74 Å².